The number of carbonyl (C=O) groups excluding carboxylic acids is 1. The average Bonchev–Trinajstić information content (AvgIpc) is 2.30. The molecule has 0 amide bonds. The van der Waals surface area contributed by atoms with Gasteiger partial charge in [-0.15, -0.1) is 0 Å². The van der Waals surface area contributed by atoms with Gasteiger partial charge in [-0.05, 0) is 25.0 Å². The van der Waals surface area contributed by atoms with E-state index in [0.717, 1.165) is 22.8 Å². The van der Waals surface area contributed by atoms with Crippen molar-refractivity contribution in [1.82, 2.24) is 4.98 Å². The van der Waals surface area contributed by atoms with Crippen molar-refractivity contribution in [3.63, 3.8) is 0 Å². The van der Waals surface area contributed by atoms with Gasteiger partial charge in [-0.1, -0.05) is 22.6 Å². The maximum Gasteiger partial charge on any atom is 0.223 e. The first kappa shape index (κ1) is 12.5. The highest BCUT2D eigenvalue weighted by molar-refractivity contribution is 14.1. The van der Waals surface area contributed by atoms with E-state index < -0.39 is 0 Å². The van der Waals surface area contributed by atoms with E-state index in [1.807, 2.05) is 12.1 Å². The lowest BCUT2D eigenvalue weighted by Crippen LogP contribution is -2.34. The highest BCUT2D eigenvalue weighted by Gasteiger charge is 2.17. The Kier molecular flexibility index (Phi) is 4.40. The second-order valence-electron chi connectivity index (χ2n) is 3.84. The summed E-state index contributed by atoms with van der Waals surface area (Å²) < 4.78 is 0.840. The first-order valence-corrected chi connectivity index (χ1v) is 7.54. The lowest BCUT2D eigenvalue weighted by molar-refractivity contribution is 0.110. The van der Waals surface area contributed by atoms with Crippen LogP contribution in [0, 0.1) is 0 Å². The summed E-state index contributed by atoms with van der Waals surface area (Å²) in [6.07, 6.45) is 4.10. The number of pyridine rings is 1. The molecule has 0 N–H and O–H groups in total. The quantitative estimate of drug-likeness (QED) is 0.402. The predicted octanol–water partition coefficient (Wildman–Crippen LogP) is 3.06. The molecule has 1 aromatic rings. The number of aromatic nitrogens is 1. The molecule has 2 heterocycles. The van der Waals surface area contributed by atoms with Gasteiger partial charge in [0, 0.05) is 51.4 Å². The van der Waals surface area contributed by atoms with E-state index in [9.17, 15) is 4.79 Å². The molecule has 5 heteroatoms. The maximum absolute atomic E-state index is 11.1. The van der Waals surface area contributed by atoms with Crippen LogP contribution in [0.5, 0.6) is 0 Å². The van der Waals surface area contributed by atoms with E-state index in [1.54, 1.807) is 28.8 Å². The SMILES string of the molecule is O=C(I)c1ccc(N2CCC(I)CC2)nc1. The second-order valence-corrected chi connectivity index (χ2v) is 6.58. The molecule has 0 saturated carbocycles. The van der Waals surface area contributed by atoms with Crippen molar-refractivity contribution in [1.29, 1.82) is 0 Å². The lowest BCUT2D eigenvalue weighted by atomic mass is 10.1. The first-order valence-electron chi connectivity index (χ1n) is 5.22. The Morgan fingerprint density at radius 2 is 2.06 bits per heavy atom. The zero-order chi connectivity index (χ0) is 11.5. The van der Waals surface area contributed by atoms with Crippen molar-refractivity contribution in [2.24, 2.45) is 0 Å². The molecule has 86 valence electrons. The molecular weight excluding hydrogens is 430 g/mol. The number of hydrogen-bond acceptors (Lipinski definition) is 3. The second kappa shape index (κ2) is 5.61. The van der Waals surface area contributed by atoms with Crippen LogP contribution in [0.25, 0.3) is 0 Å². The zero-order valence-corrected chi connectivity index (χ0v) is 13.0. The lowest BCUT2D eigenvalue weighted by Gasteiger charge is -2.30. The molecule has 1 aliphatic rings. The van der Waals surface area contributed by atoms with Gasteiger partial charge in [0.25, 0.3) is 0 Å². The normalized spacial score (nSPS) is 17.5. The molecule has 3 nitrogen and oxygen atoms in total. The molecule has 0 unspecified atom stereocenters. The van der Waals surface area contributed by atoms with Gasteiger partial charge in [-0.25, -0.2) is 4.98 Å². The van der Waals surface area contributed by atoms with Crippen molar-refractivity contribution >= 4 is 54.8 Å². The minimum Gasteiger partial charge on any atom is -0.357 e. The molecule has 1 aliphatic heterocycles. The first-order chi connectivity index (χ1) is 7.66. The highest BCUT2D eigenvalue weighted by Crippen LogP contribution is 2.22. The molecule has 16 heavy (non-hydrogen) atoms. The fourth-order valence-electron chi connectivity index (χ4n) is 1.77. The van der Waals surface area contributed by atoms with Crippen LogP contribution in [-0.4, -0.2) is 25.8 Å². The Balaban J connectivity index is 2.07. The average molecular weight is 442 g/mol. The third-order valence-corrected chi connectivity index (χ3v) is 4.59. The van der Waals surface area contributed by atoms with E-state index in [1.165, 1.54) is 12.8 Å². The Hall–Kier alpha value is 0.0800. The van der Waals surface area contributed by atoms with Crippen LogP contribution in [0.1, 0.15) is 23.2 Å². The summed E-state index contributed by atoms with van der Waals surface area (Å²) in [5.74, 6) is 0.990. The van der Waals surface area contributed by atoms with Gasteiger partial charge >= 0.3 is 0 Å². The monoisotopic (exact) mass is 442 g/mol. The summed E-state index contributed by atoms with van der Waals surface area (Å²) >= 11 is 4.29. The number of hydrogen-bond donors (Lipinski definition) is 0. The minimum absolute atomic E-state index is 0.0441. The number of nitrogens with zero attached hydrogens (tertiary/aromatic N) is 2. The van der Waals surface area contributed by atoms with Gasteiger partial charge in [0.05, 0.1) is 0 Å². The fraction of sp³-hybridized carbons (Fsp3) is 0.455. The van der Waals surface area contributed by atoms with Gasteiger partial charge in [-0.2, -0.15) is 0 Å². The Morgan fingerprint density at radius 1 is 1.38 bits per heavy atom. The fourth-order valence-corrected chi connectivity index (χ4v) is 2.64. The zero-order valence-electron chi connectivity index (χ0n) is 8.70. The molecule has 1 fully saturated rings. The van der Waals surface area contributed by atoms with Crippen molar-refractivity contribution in [2.45, 2.75) is 16.8 Å². The summed E-state index contributed by atoms with van der Waals surface area (Å²) in [4.78, 5) is 17.7. The van der Waals surface area contributed by atoms with Gasteiger partial charge in [0.15, 0.2) is 0 Å². The topological polar surface area (TPSA) is 33.2 Å². The highest BCUT2D eigenvalue weighted by atomic mass is 127. The summed E-state index contributed by atoms with van der Waals surface area (Å²) in [7, 11) is 0. The Morgan fingerprint density at radius 3 is 2.56 bits per heavy atom. The molecule has 0 bridgehead atoms. The minimum atomic E-state index is 0.0441. The predicted molar refractivity (Wildman–Crippen MR) is 81.8 cm³/mol. The number of anilines is 1. The summed E-state index contributed by atoms with van der Waals surface area (Å²) in [5.41, 5.74) is 0.674. The van der Waals surface area contributed by atoms with Crippen molar-refractivity contribution in [3.05, 3.63) is 23.9 Å². The molecular formula is C11H12I2N2O. The van der Waals surface area contributed by atoms with E-state index in [-0.39, 0.29) is 3.79 Å². The molecule has 0 aromatic carbocycles. The Labute approximate surface area is 122 Å². The maximum atomic E-state index is 11.1. The van der Waals surface area contributed by atoms with Gasteiger partial charge < -0.3 is 4.90 Å². The molecule has 1 aromatic heterocycles. The largest absolute Gasteiger partial charge is 0.357 e. The van der Waals surface area contributed by atoms with Crippen LogP contribution in [0.4, 0.5) is 5.82 Å². The third-order valence-electron chi connectivity index (χ3n) is 2.72. The van der Waals surface area contributed by atoms with Gasteiger partial charge in [-0.3, -0.25) is 4.79 Å². The van der Waals surface area contributed by atoms with E-state index in [4.69, 9.17) is 0 Å². The van der Waals surface area contributed by atoms with Crippen molar-refractivity contribution in [2.75, 3.05) is 18.0 Å². The van der Waals surface area contributed by atoms with Crippen LogP contribution >= 0.6 is 45.2 Å². The van der Waals surface area contributed by atoms with Gasteiger partial charge in [0.2, 0.25) is 3.79 Å². The molecule has 0 spiro atoms. The summed E-state index contributed by atoms with van der Waals surface area (Å²) in [6.45, 7) is 2.14. The number of halogens is 2. The number of piperidine rings is 1. The van der Waals surface area contributed by atoms with Crippen LogP contribution in [-0.2, 0) is 0 Å². The summed E-state index contributed by atoms with van der Waals surface area (Å²) in [5, 5.41) is 0. The number of rotatable bonds is 2. The smallest absolute Gasteiger partial charge is 0.223 e. The molecule has 1 saturated heterocycles. The molecule has 2 rings (SSSR count). The van der Waals surface area contributed by atoms with Crippen LogP contribution < -0.4 is 4.90 Å². The van der Waals surface area contributed by atoms with Gasteiger partial charge in [0.1, 0.15) is 5.82 Å². The number of alkyl halides is 1. The molecule has 0 atom stereocenters. The third kappa shape index (κ3) is 3.06. The Bertz CT molecular complexity index is 372. The number of carbonyl (C=O) groups is 1. The van der Waals surface area contributed by atoms with Crippen LogP contribution in [0.2, 0.25) is 0 Å². The van der Waals surface area contributed by atoms with E-state index >= 15 is 0 Å². The van der Waals surface area contributed by atoms with Crippen LogP contribution in [0.3, 0.4) is 0 Å². The van der Waals surface area contributed by atoms with Crippen molar-refractivity contribution in [3.8, 4) is 0 Å². The standard InChI is InChI=1S/C11H12I2N2O/c12-9-3-5-15(6-4-9)10-2-1-8(7-14-10)11(13)16/h1-2,7,9H,3-6H2. The van der Waals surface area contributed by atoms with E-state index in [2.05, 4.69) is 32.5 Å². The molecule has 0 aliphatic carbocycles. The van der Waals surface area contributed by atoms with Crippen LogP contribution in [0.15, 0.2) is 18.3 Å². The summed E-state index contributed by atoms with van der Waals surface area (Å²) in [6, 6.07) is 3.80. The van der Waals surface area contributed by atoms with E-state index in [0.29, 0.717) is 5.56 Å². The van der Waals surface area contributed by atoms with Crippen molar-refractivity contribution < 1.29 is 4.79 Å². The molecule has 0 radical (unpaired) electrons.